The molecule has 0 unspecified atom stereocenters. The monoisotopic (exact) mass is 449 g/mol. The van der Waals surface area contributed by atoms with Crippen molar-refractivity contribution >= 4 is 39.2 Å². The summed E-state index contributed by atoms with van der Waals surface area (Å²) in [5.74, 6) is -1.31. The highest BCUT2D eigenvalue weighted by Crippen LogP contribution is 2.17. The maximum Gasteiger partial charge on any atom is 0.321 e. The molecule has 0 fully saturated rings. The van der Waals surface area contributed by atoms with Crippen molar-refractivity contribution in [1.82, 2.24) is 9.31 Å². The number of ether oxygens (including phenoxy) is 1. The van der Waals surface area contributed by atoms with Crippen molar-refractivity contribution < 1.29 is 22.7 Å². The predicted molar refractivity (Wildman–Crippen MR) is 112 cm³/mol. The average Bonchev–Trinajstić information content (AvgIpc) is 3.23. The Balaban J connectivity index is 1.52. The van der Waals surface area contributed by atoms with E-state index < -0.39 is 35.1 Å². The molecule has 1 amide bonds. The number of likely N-dealkylation sites (N-methyl/N-ethyl adjacent to an activating group) is 1. The second-order valence-electron chi connectivity index (χ2n) is 6.56. The fourth-order valence-electron chi connectivity index (χ4n) is 2.79. The summed E-state index contributed by atoms with van der Waals surface area (Å²) < 4.78 is 30.8. The van der Waals surface area contributed by atoms with E-state index in [0.717, 1.165) is 15.6 Å². The molecule has 0 aliphatic carbocycles. The molecule has 1 heterocycles. The van der Waals surface area contributed by atoms with Crippen molar-refractivity contribution in [1.29, 1.82) is 0 Å². The molecule has 0 saturated heterocycles. The second-order valence-corrected chi connectivity index (χ2v) is 9.04. The number of hydrogen-bond donors (Lipinski definition) is 0. The van der Waals surface area contributed by atoms with Crippen LogP contribution in [0.2, 0.25) is 5.02 Å². The van der Waals surface area contributed by atoms with Gasteiger partial charge in [0, 0.05) is 18.5 Å². The lowest BCUT2D eigenvalue weighted by molar-refractivity contribution is -0.151. The smallest absolute Gasteiger partial charge is 0.321 e. The Kier molecular flexibility index (Phi) is 6.86. The summed E-state index contributed by atoms with van der Waals surface area (Å²) in [5.41, 5.74) is 1.71. The Morgan fingerprint density at radius 2 is 1.80 bits per heavy atom. The Hall–Kier alpha value is -2.75. The molecule has 2 aromatic rings. The summed E-state index contributed by atoms with van der Waals surface area (Å²) in [7, 11) is -2.63. The predicted octanol–water partition coefficient (Wildman–Crippen LogP) is 2.14. The highest BCUT2D eigenvalue weighted by molar-refractivity contribution is 7.89. The summed E-state index contributed by atoms with van der Waals surface area (Å²) in [6, 6.07) is 15.1. The van der Waals surface area contributed by atoms with Crippen LogP contribution < -0.4 is 0 Å². The van der Waals surface area contributed by atoms with Crippen LogP contribution in [0.1, 0.15) is 12.0 Å². The van der Waals surface area contributed by atoms with Crippen LogP contribution in [0.5, 0.6) is 0 Å². The second kappa shape index (κ2) is 9.38. The van der Waals surface area contributed by atoms with Gasteiger partial charge in [-0.2, -0.15) is 9.41 Å². The van der Waals surface area contributed by atoms with Crippen LogP contribution >= 0.6 is 11.6 Å². The Bertz CT molecular complexity index is 1060. The lowest BCUT2D eigenvalue weighted by Gasteiger charge is -2.17. The molecule has 8 nitrogen and oxygen atoms in total. The zero-order valence-electron chi connectivity index (χ0n) is 16.2. The average molecular weight is 450 g/mol. The van der Waals surface area contributed by atoms with E-state index in [1.807, 2.05) is 30.3 Å². The molecular weight excluding hydrogens is 430 g/mol. The number of carbonyl (C=O) groups excluding carboxylic acids is 2. The number of hydrogen-bond acceptors (Lipinski definition) is 6. The van der Waals surface area contributed by atoms with Gasteiger partial charge in [-0.1, -0.05) is 41.9 Å². The lowest BCUT2D eigenvalue weighted by Crippen LogP contribution is -2.35. The summed E-state index contributed by atoms with van der Waals surface area (Å²) in [6.07, 6.45) is 0.603. The number of hydrazone groups is 1. The van der Waals surface area contributed by atoms with E-state index >= 15 is 0 Å². The molecule has 30 heavy (non-hydrogen) atoms. The van der Waals surface area contributed by atoms with Crippen molar-refractivity contribution in [3.63, 3.8) is 0 Å². The summed E-state index contributed by atoms with van der Waals surface area (Å²) in [6.45, 7) is -0.651. The van der Waals surface area contributed by atoms with E-state index in [1.54, 1.807) is 0 Å². The van der Waals surface area contributed by atoms with Gasteiger partial charge < -0.3 is 4.74 Å². The third-order valence-electron chi connectivity index (χ3n) is 4.43. The Morgan fingerprint density at radius 3 is 2.47 bits per heavy atom. The normalized spacial score (nSPS) is 14.0. The zero-order valence-corrected chi connectivity index (χ0v) is 17.8. The Labute approximate surface area is 179 Å². The van der Waals surface area contributed by atoms with Gasteiger partial charge in [-0.3, -0.25) is 9.59 Å². The minimum atomic E-state index is -3.89. The molecule has 10 heteroatoms. The topological polar surface area (TPSA) is 96.3 Å². The van der Waals surface area contributed by atoms with Crippen molar-refractivity contribution in [2.24, 2.45) is 5.10 Å². The number of rotatable bonds is 7. The highest BCUT2D eigenvalue weighted by Gasteiger charge is 2.25. The fourth-order valence-corrected chi connectivity index (χ4v) is 4.03. The van der Waals surface area contributed by atoms with E-state index in [2.05, 4.69) is 5.10 Å². The van der Waals surface area contributed by atoms with E-state index in [0.29, 0.717) is 18.0 Å². The van der Waals surface area contributed by atoms with E-state index in [4.69, 9.17) is 16.3 Å². The molecular formula is C20H20ClN3O5S. The molecule has 0 atom stereocenters. The fraction of sp³-hybridized carbons (Fsp3) is 0.250. The number of amides is 1. The van der Waals surface area contributed by atoms with Crippen molar-refractivity contribution in [3.8, 4) is 0 Å². The van der Waals surface area contributed by atoms with Crippen molar-refractivity contribution in [2.45, 2.75) is 11.3 Å². The SMILES string of the molecule is CN(CC(=O)OCC(=O)N1CCC(c2ccccc2)=N1)S(=O)(=O)c1ccc(Cl)cc1. The molecule has 1 aliphatic rings. The Morgan fingerprint density at radius 1 is 1.13 bits per heavy atom. The number of sulfonamides is 1. The molecule has 0 spiro atoms. The maximum absolute atomic E-state index is 12.5. The van der Waals surface area contributed by atoms with Crippen LogP contribution in [-0.2, 0) is 24.3 Å². The van der Waals surface area contributed by atoms with Crippen LogP contribution in [0.3, 0.4) is 0 Å². The molecule has 158 valence electrons. The molecule has 0 bridgehead atoms. The molecule has 0 saturated carbocycles. The molecule has 3 rings (SSSR count). The third-order valence-corrected chi connectivity index (χ3v) is 6.50. The quantitative estimate of drug-likeness (QED) is 0.603. The van der Waals surface area contributed by atoms with Gasteiger partial charge >= 0.3 is 5.97 Å². The number of benzene rings is 2. The van der Waals surface area contributed by atoms with Gasteiger partial charge in [-0.15, -0.1) is 0 Å². The van der Waals surface area contributed by atoms with Gasteiger partial charge in [0.05, 0.1) is 17.2 Å². The first-order valence-corrected chi connectivity index (χ1v) is 10.9. The molecule has 0 radical (unpaired) electrons. The van der Waals surface area contributed by atoms with Crippen LogP contribution in [-0.4, -0.2) is 62.1 Å². The van der Waals surface area contributed by atoms with Gasteiger partial charge in [-0.05, 0) is 29.8 Å². The van der Waals surface area contributed by atoms with E-state index in [-0.39, 0.29) is 4.90 Å². The van der Waals surface area contributed by atoms with Crippen molar-refractivity contribution in [2.75, 3.05) is 26.7 Å². The van der Waals surface area contributed by atoms with Crippen LogP contribution in [0, 0.1) is 0 Å². The first-order chi connectivity index (χ1) is 14.3. The first-order valence-electron chi connectivity index (χ1n) is 9.08. The summed E-state index contributed by atoms with van der Waals surface area (Å²) in [5, 5.41) is 5.93. The van der Waals surface area contributed by atoms with Crippen molar-refractivity contribution in [3.05, 3.63) is 65.2 Å². The number of halogens is 1. The van der Waals surface area contributed by atoms with E-state index in [9.17, 15) is 18.0 Å². The number of carbonyl (C=O) groups is 2. The summed E-state index contributed by atoms with van der Waals surface area (Å²) >= 11 is 5.77. The number of esters is 1. The van der Waals surface area contributed by atoms with Gasteiger partial charge in [0.15, 0.2) is 6.61 Å². The van der Waals surface area contributed by atoms with Gasteiger partial charge in [0.1, 0.15) is 6.54 Å². The van der Waals surface area contributed by atoms with E-state index in [1.165, 1.54) is 36.3 Å². The molecule has 2 aromatic carbocycles. The maximum atomic E-state index is 12.5. The third kappa shape index (κ3) is 5.24. The molecule has 1 aliphatic heterocycles. The van der Waals surface area contributed by atoms with Crippen LogP contribution in [0.15, 0.2) is 64.6 Å². The highest BCUT2D eigenvalue weighted by atomic mass is 35.5. The van der Waals surface area contributed by atoms with Gasteiger partial charge in [0.2, 0.25) is 10.0 Å². The van der Waals surface area contributed by atoms with Gasteiger partial charge in [0.25, 0.3) is 5.91 Å². The van der Waals surface area contributed by atoms with Crippen LogP contribution in [0.25, 0.3) is 0 Å². The minimum Gasteiger partial charge on any atom is -0.455 e. The van der Waals surface area contributed by atoms with Gasteiger partial charge in [-0.25, -0.2) is 13.4 Å². The standard InChI is InChI=1S/C20H20ClN3O5S/c1-23(30(27,28)17-9-7-16(21)8-10-17)13-20(26)29-14-19(25)24-12-11-18(22-24)15-5-3-2-4-6-15/h2-10H,11-14H2,1H3. The summed E-state index contributed by atoms with van der Waals surface area (Å²) in [4.78, 5) is 24.3. The first kappa shape index (κ1) is 21.9. The number of nitrogens with zero attached hydrogens (tertiary/aromatic N) is 3. The largest absolute Gasteiger partial charge is 0.455 e. The minimum absolute atomic E-state index is 0.00174. The molecule has 0 aromatic heterocycles. The lowest BCUT2D eigenvalue weighted by atomic mass is 10.1. The van der Waals surface area contributed by atoms with Crippen LogP contribution in [0.4, 0.5) is 0 Å². The zero-order chi connectivity index (χ0) is 21.7. The molecule has 0 N–H and O–H groups in total.